The molecule has 1 aromatic heterocycles. The molecule has 0 aliphatic carbocycles. The lowest BCUT2D eigenvalue weighted by Crippen LogP contribution is -2.05. The summed E-state index contributed by atoms with van der Waals surface area (Å²) in [4.78, 5) is 15.3. The number of ether oxygens (including phenoxy) is 1. The molecule has 0 aliphatic heterocycles. The fourth-order valence-corrected chi connectivity index (χ4v) is 2.41. The molecule has 5 heteroatoms. The number of carboxylic acids is 1. The molecule has 0 atom stereocenters. The van der Waals surface area contributed by atoms with Crippen molar-refractivity contribution in [3.63, 3.8) is 0 Å². The molecule has 0 saturated heterocycles. The molecule has 0 fully saturated rings. The topological polar surface area (TPSA) is 71.5 Å². The van der Waals surface area contributed by atoms with Crippen molar-refractivity contribution in [3.05, 3.63) is 84.1 Å². The van der Waals surface area contributed by atoms with Crippen LogP contribution in [0.4, 0.5) is 11.5 Å². The summed E-state index contributed by atoms with van der Waals surface area (Å²) >= 11 is 0. The predicted molar refractivity (Wildman–Crippen MR) is 96.6 cm³/mol. The van der Waals surface area contributed by atoms with Crippen molar-refractivity contribution in [1.29, 1.82) is 0 Å². The first-order valence-corrected chi connectivity index (χ1v) is 7.94. The third-order valence-electron chi connectivity index (χ3n) is 3.64. The highest BCUT2D eigenvalue weighted by Crippen LogP contribution is 2.22. The Morgan fingerprint density at radius 2 is 1.88 bits per heavy atom. The van der Waals surface area contributed by atoms with Crippen molar-refractivity contribution < 1.29 is 14.6 Å². The summed E-state index contributed by atoms with van der Waals surface area (Å²) in [5.41, 5.74) is 2.06. The molecule has 3 rings (SSSR count). The Morgan fingerprint density at radius 1 is 1.04 bits per heavy atom. The number of rotatable bonds is 7. The zero-order chi connectivity index (χ0) is 17.5. The second-order valence-corrected chi connectivity index (χ2v) is 5.44. The third-order valence-corrected chi connectivity index (χ3v) is 3.64. The minimum atomic E-state index is -1.02. The summed E-state index contributed by atoms with van der Waals surface area (Å²) in [7, 11) is 0. The minimum absolute atomic E-state index is 0.123. The molecule has 0 amide bonds. The number of benzene rings is 2. The van der Waals surface area contributed by atoms with E-state index in [0.717, 1.165) is 12.1 Å². The number of aromatic nitrogens is 1. The lowest BCUT2D eigenvalue weighted by atomic mass is 10.2. The Bertz CT molecular complexity index is 850. The van der Waals surface area contributed by atoms with Gasteiger partial charge in [-0.25, -0.2) is 9.78 Å². The molecule has 0 aliphatic rings. The summed E-state index contributed by atoms with van der Waals surface area (Å²) < 4.78 is 5.79. The van der Waals surface area contributed by atoms with Crippen LogP contribution in [-0.2, 0) is 6.42 Å². The lowest BCUT2D eigenvalue weighted by Gasteiger charge is -2.11. The van der Waals surface area contributed by atoms with Crippen LogP contribution in [-0.4, -0.2) is 22.7 Å². The van der Waals surface area contributed by atoms with E-state index in [1.165, 1.54) is 11.6 Å². The van der Waals surface area contributed by atoms with E-state index in [1.807, 2.05) is 42.5 Å². The number of nitrogens with one attached hydrogen (secondary N) is 1. The van der Waals surface area contributed by atoms with Crippen molar-refractivity contribution in [2.75, 3.05) is 11.9 Å². The van der Waals surface area contributed by atoms with Gasteiger partial charge in [0.05, 0.1) is 6.61 Å². The van der Waals surface area contributed by atoms with E-state index in [9.17, 15) is 9.90 Å². The van der Waals surface area contributed by atoms with Crippen LogP contribution < -0.4 is 10.1 Å². The van der Waals surface area contributed by atoms with Crippen LogP contribution in [0.3, 0.4) is 0 Å². The molecule has 2 aromatic carbocycles. The van der Waals surface area contributed by atoms with E-state index in [4.69, 9.17) is 4.74 Å². The maximum atomic E-state index is 11.3. The standard InChI is InChI=1S/C20H18N2O3/c23-20(24)18-10-5-12-21-19(18)22-16-8-4-9-17(14-16)25-13-11-15-6-2-1-3-7-15/h1-10,12,14H,11,13H2,(H,21,22)(H,23,24). The number of pyridine rings is 1. The number of carbonyl (C=O) groups is 1. The van der Waals surface area contributed by atoms with Gasteiger partial charge in [0.25, 0.3) is 0 Å². The monoisotopic (exact) mass is 334 g/mol. The van der Waals surface area contributed by atoms with Crippen molar-refractivity contribution in [3.8, 4) is 5.75 Å². The van der Waals surface area contributed by atoms with Crippen LogP contribution >= 0.6 is 0 Å². The normalized spacial score (nSPS) is 10.2. The van der Waals surface area contributed by atoms with Gasteiger partial charge in [-0.3, -0.25) is 0 Å². The summed E-state index contributed by atoms with van der Waals surface area (Å²) in [6.07, 6.45) is 2.37. The Balaban J connectivity index is 1.65. The summed E-state index contributed by atoms with van der Waals surface area (Å²) in [6.45, 7) is 0.567. The highest BCUT2D eigenvalue weighted by Gasteiger charge is 2.10. The molecule has 0 unspecified atom stereocenters. The molecule has 25 heavy (non-hydrogen) atoms. The van der Waals surface area contributed by atoms with Crippen LogP contribution in [0.25, 0.3) is 0 Å². The lowest BCUT2D eigenvalue weighted by molar-refractivity contribution is 0.0697. The van der Waals surface area contributed by atoms with Gasteiger partial charge >= 0.3 is 5.97 Å². The molecule has 0 radical (unpaired) electrons. The van der Waals surface area contributed by atoms with E-state index in [2.05, 4.69) is 22.4 Å². The average molecular weight is 334 g/mol. The second-order valence-electron chi connectivity index (χ2n) is 5.44. The number of carboxylic acid groups (broad SMARTS) is 1. The van der Waals surface area contributed by atoms with Crippen molar-refractivity contribution in [2.24, 2.45) is 0 Å². The zero-order valence-electron chi connectivity index (χ0n) is 13.6. The molecule has 3 aromatic rings. The van der Waals surface area contributed by atoms with Crippen LogP contribution in [0.5, 0.6) is 5.75 Å². The first-order valence-electron chi connectivity index (χ1n) is 7.94. The predicted octanol–water partition coefficient (Wildman–Crippen LogP) is 4.14. The Morgan fingerprint density at radius 3 is 2.68 bits per heavy atom. The maximum absolute atomic E-state index is 11.3. The molecule has 1 heterocycles. The molecular formula is C20H18N2O3. The summed E-state index contributed by atoms with van der Waals surface area (Å²) in [5.74, 6) is -0.00367. The van der Waals surface area contributed by atoms with E-state index in [1.54, 1.807) is 12.3 Å². The smallest absolute Gasteiger partial charge is 0.339 e. The molecule has 5 nitrogen and oxygen atoms in total. The number of hydrogen-bond donors (Lipinski definition) is 2. The van der Waals surface area contributed by atoms with Gasteiger partial charge in [-0.05, 0) is 29.8 Å². The summed E-state index contributed by atoms with van der Waals surface area (Å²) in [5, 5.41) is 12.2. The number of anilines is 2. The largest absolute Gasteiger partial charge is 0.493 e. The van der Waals surface area contributed by atoms with Crippen LogP contribution in [0.2, 0.25) is 0 Å². The quantitative estimate of drug-likeness (QED) is 0.679. The van der Waals surface area contributed by atoms with Gasteiger partial charge in [0, 0.05) is 24.4 Å². The van der Waals surface area contributed by atoms with Gasteiger partial charge in [0.1, 0.15) is 17.1 Å². The molecule has 2 N–H and O–H groups in total. The Hall–Kier alpha value is -3.34. The SMILES string of the molecule is O=C(O)c1cccnc1Nc1cccc(OCCc2ccccc2)c1. The minimum Gasteiger partial charge on any atom is -0.493 e. The average Bonchev–Trinajstić information content (AvgIpc) is 2.63. The Kier molecular flexibility index (Phi) is 5.26. The van der Waals surface area contributed by atoms with E-state index < -0.39 is 5.97 Å². The number of nitrogens with zero attached hydrogens (tertiary/aromatic N) is 1. The molecule has 0 bridgehead atoms. The fraction of sp³-hybridized carbons (Fsp3) is 0.100. The van der Waals surface area contributed by atoms with Crippen molar-refractivity contribution in [1.82, 2.24) is 4.98 Å². The first kappa shape index (κ1) is 16.5. The van der Waals surface area contributed by atoms with E-state index >= 15 is 0 Å². The molecule has 0 spiro atoms. The second kappa shape index (κ2) is 7.97. The molecule has 0 saturated carbocycles. The third kappa shape index (κ3) is 4.57. The molecule has 126 valence electrons. The summed E-state index contributed by atoms with van der Waals surface area (Å²) in [6, 6.07) is 20.6. The van der Waals surface area contributed by atoms with Crippen LogP contribution in [0.1, 0.15) is 15.9 Å². The van der Waals surface area contributed by atoms with Gasteiger partial charge in [-0.15, -0.1) is 0 Å². The van der Waals surface area contributed by atoms with Gasteiger partial charge in [0.15, 0.2) is 0 Å². The Labute approximate surface area is 145 Å². The molecular weight excluding hydrogens is 316 g/mol. The van der Waals surface area contributed by atoms with Crippen LogP contribution in [0.15, 0.2) is 72.9 Å². The fourth-order valence-electron chi connectivity index (χ4n) is 2.41. The van der Waals surface area contributed by atoms with Gasteiger partial charge < -0.3 is 15.2 Å². The van der Waals surface area contributed by atoms with E-state index in [-0.39, 0.29) is 5.56 Å². The zero-order valence-corrected chi connectivity index (χ0v) is 13.6. The number of aromatic carboxylic acids is 1. The van der Waals surface area contributed by atoms with Gasteiger partial charge in [-0.2, -0.15) is 0 Å². The highest BCUT2D eigenvalue weighted by molar-refractivity contribution is 5.93. The van der Waals surface area contributed by atoms with E-state index in [0.29, 0.717) is 18.2 Å². The highest BCUT2D eigenvalue weighted by atomic mass is 16.5. The van der Waals surface area contributed by atoms with Gasteiger partial charge in [-0.1, -0.05) is 36.4 Å². The van der Waals surface area contributed by atoms with Crippen molar-refractivity contribution in [2.45, 2.75) is 6.42 Å². The first-order chi connectivity index (χ1) is 12.2. The van der Waals surface area contributed by atoms with Crippen LogP contribution in [0, 0.1) is 0 Å². The maximum Gasteiger partial charge on any atom is 0.339 e. The van der Waals surface area contributed by atoms with Gasteiger partial charge in [0.2, 0.25) is 0 Å². The van der Waals surface area contributed by atoms with Crippen molar-refractivity contribution >= 4 is 17.5 Å². The number of hydrogen-bond acceptors (Lipinski definition) is 4.